The number of carbonyl (C=O) groups is 1. The standard InChI is InChI=1S/C3H3NOSe/c4-1-3(6)2-5/h2-3,6H. The first kappa shape index (κ1) is 5.68. The summed E-state index contributed by atoms with van der Waals surface area (Å²) in [5.74, 6) is 0. The van der Waals surface area contributed by atoms with Crippen molar-refractivity contribution >= 4 is 22.3 Å². The molecule has 1 unspecified atom stereocenters. The molecule has 3 heteroatoms. The maximum absolute atomic E-state index is 9.50. The van der Waals surface area contributed by atoms with E-state index in [2.05, 4.69) is 0 Å². The molecule has 0 aliphatic carbocycles. The van der Waals surface area contributed by atoms with Crippen molar-refractivity contribution in [3.8, 4) is 6.07 Å². The van der Waals surface area contributed by atoms with Gasteiger partial charge in [0.05, 0.1) is 0 Å². The first-order valence-electron chi connectivity index (χ1n) is 1.34. The Kier molecular flexibility index (Phi) is 2.74. The summed E-state index contributed by atoms with van der Waals surface area (Å²) in [6.45, 7) is 0. The summed E-state index contributed by atoms with van der Waals surface area (Å²) in [5, 5.41) is 7.84. The Bertz CT molecular complexity index is 85.3. The van der Waals surface area contributed by atoms with E-state index in [0.717, 1.165) is 0 Å². The number of nitrogens with zero attached hydrogens (tertiary/aromatic N) is 1. The van der Waals surface area contributed by atoms with Gasteiger partial charge in [0.15, 0.2) is 0 Å². The van der Waals surface area contributed by atoms with Crippen LogP contribution in [0.25, 0.3) is 0 Å². The number of hydrogen-bond acceptors (Lipinski definition) is 2. The average molecular weight is 148 g/mol. The van der Waals surface area contributed by atoms with Gasteiger partial charge in [-0.25, -0.2) is 0 Å². The minimum absolute atomic E-state index is 0.502. The van der Waals surface area contributed by atoms with Crippen LogP contribution in [0.3, 0.4) is 0 Å². The van der Waals surface area contributed by atoms with Crippen LogP contribution in [0.15, 0.2) is 0 Å². The molecule has 0 fully saturated rings. The van der Waals surface area contributed by atoms with Gasteiger partial charge in [-0.15, -0.1) is 0 Å². The quantitative estimate of drug-likeness (QED) is 0.368. The van der Waals surface area contributed by atoms with Crippen molar-refractivity contribution in [3.05, 3.63) is 0 Å². The van der Waals surface area contributed by atoms with Crippen molar-refractivity contribution in [1.29, 1.82) is 5.26 Å². The molecule has 6 heavy (non-hydrogen) atoms. The topological polar surface area (TPSA) is 40.9 Å². The fourth-order valence-corrected chi connectivity index (χ4v) is 0.0304. The third-order valence-electron chi connectivity index (χ3n) is 0.261. The molecule has 0 N–H and O–H groups in total. The summed E-state index contributed by atoms with van der Waals surface area (Å²) in [7, 11) is 0. The first-order valence-corrected chi connectivity index (χ1v) is 2.42. The number of aldehydes is 1. The third-order valence-corrected chi connectivity index (χ3v) is 0.759. The molecule has 32 valence electrons. The summed E-state index contributed by atoms with van der Waals surface area (Å²) >= 11 is 1.95. The monoisotopic (exact) mass is 149 g/mol. The van der Waals surface area contributed by atoms with Crippen LogP contribution in [0.1, 0.15) is 0 Å². The molecule has 0 rings (SSSR count). The molecule has 0 aromatic heterocycles. The van der Waals surface area contributed by atoms with E-state index in [0.29, 0.717) is 6.29 Å². The molecular formula is C3H3NOSe. The van der Waals surface area contributed by atoms with E-state index in [4.69, 9.17) is 5.26 Å². The molecule has 2 nitrogen and oxygen atoms in total. The van der Waals surface area contributed by atoms with Gasteiger partial charge < -0.3 is 0 Å². The average Bonchev–Trinajstić information content (AvgIpc) is 1.65. The normalized spacial score (nSPS) is 12.0. The molecule has 0 aliphatic heterocycles. The van der Waals surface area contributed by atoms with E-state index < -0.39 is 4.82 Å². The van der Waals surface area contributed by atoms with Crippen LogP contribution in [0, 0.1) is 11.3 Å². The second kappa shape index (κ2) is 2.89. The van der Waals surface area contributed by atoms with Gasteiger partial charge in [-0.2, -0.15) is 0 Å². The Balaban J connectivity index is 3.30. The zero-order chi connectivity index (χ0) is 4.99. The van der Waals surface area contributed by atoms with Gasteiger partial charge >= 0.3 is 43.2 Å². The van der Waals surface area contributed by atoms with Crippen molar-refractivity contribution in [2.75, 3.05) is 0 Å². The number of hydrogen-bond donors (Lipinski definition) is 0. The molecule has 0 saturated heterocycles. The van der Waals surface area contributed by atoms with Crippen molar-refractivity contribution in [3.63, 3.8) is 0 Å². The Hall–Kier alpha value is -0.321. The van der Waals surface area contributed by atoms with Gasteiger partial charge in [-0.3, -0.25) is 0 Å². The fourth-order valence-electron chi connectivity index (χ4n) is 0.0304. The molecule has 0 saturated carbocycles. The summed E-state index contributed by atoms with van der Waals surface area (Å²) in [4.78, 5) is 9.00. The van der Waals surface area contributed by atoms with E-state index in [1.54, 1.807) is 6.07 Å². The van der Waals surface area contributed by atoms with Crippen molar-refractivity contribution < 1.29 is 4.79 Å². The molecule has 0 heterocycles. The zero-order valence-corrected chi connectivity index (χ0v) is 4.83. The van der Waals surface area contributed by atoms with E-state index in [1.165, 1.54) is 0 Å². The Morgan fingerprint density at radius 3 is 2.50 bits per heavy atom. The van der Waals surface area contributed by atoms with E-state index in [9.17, 15) is 4.79 Å². The van der Waals surface area contributed by atoms with Crippen LogP contribution >= 0.6 is 0 Å². The number of nitriles is 1. The van der Waals surface area contributed by atoms with Crippen LogP contribution in [-0.4, -0.2) is 22.3 Å². The van der Waals surface area contributed by atoms with E-state index in [1.807, 2.05) is 16.0 Å². The second-order valence-corrected chi connectivity index (χ2v) is 1.88. The van der Waals surface area contributed by atoms with Crippen LogP contribution in [-0.2, 0) is 4.79 Å². The summed E-state index contributed by atoms with van der Waals surface area (Å²) < 4.78 is 0. The molecule has 0 bridgehead atoms. The molecule has 0 aliphatic rings. The summed E-state index contributed by atoms with van der Waals surface area (Å²) in [6.07, 6.45) is 0.583. The fraction of sp³-hybridized carbons (Fsp3) is 0.333. The number of carbonyl (C=O) groups excluding carboxylic acids is 1. The minimum atomic E-state index is -0.502. The predicted molar refractivity (Wildman–Crippen MR) is 22.6 cm³/mol. The van der Waals surface area contributed by atoms with Crippen LogP contribution in [0.5, 0.6) is 0 Å². The molecule has 0 spiro atoms. The van der Waals surface area contributed by atoms with Crippen molar-refractivity contribution in [2.24, 2.45) is 0 Å². The second-order valence-electron chi connectivity index (χ2n) is 0.710. The molecule has 0 aromatic carbocycles. The molecule has 0 radical (unpaired) electrons. The summed E-state index contributed by atoms with van der Waals surface area (Å²) in [5.41, 5.74) is 0. The SMILES string of the molecule is N#CC([SeH])C=O. The van der Waals surface area contributed by atoms with E-state index in [-0.39, 0.29) is 0 Å². The molecule has 0 aromatic rings. The zero-order valence-electron chi connectivity index (χ0n) is 2.96. The van der Waals surface area contributed by atoms with Gasteiger partial charge in [-0.05, 0) is 0 Å². The predicted octanol–water partition coefficient (Wildman–Crippen LogP) is -0.602. The Morgan fingerprint density at radius 1 is 2.00 bits per heavy atom. The number of rotatable bonds is 1. The van der Waals surface area contributed by atoms with Crippen molar-refractivity contribution in [1.82, 2.24) is 0 Å². The van der Waals surface area contributed by atoms with Crippen LogP contribution in [0.2, 0.25) is 4.82 Å². The Labute approximate surface area is 44.0 Å². The Morgan fingerprint density at radius 2 is 2.50 bits per heavy atom. The molecular weight excluding hydrogens is 145 g/mol. The van der Waals surface area contributed by atoms with Gasteiger partial charge in [0, 0.05) is 0 Å². The molecule has 0 amide bonds. The van der Waals surface area contributed by atoms with Gasteiger partial charge in [0.1, 0.15) is 0 Å². The van der Waals surface area contributed by atoms with Gasteiger partial charge in [0.25, 0.3) is 0 Å². The van der Waals surface area contributed by atoms with Gasteiger partial charge in [0.2, 0.25) is 0 Å². The summed E-state index contributed by atoms with van der Waals surface area (Å²) in [6, 6.07) is 1.72. The first-order chi connectivity index (χ1) is 2.81. The van der Waals surface area contributed by atoms with Gasteiger partial charge in [-0.1, -0.05) is 0 Å². The van der Waals surface area contributed by atoms with Crippen LogP contribution in [0.4, 0.5) is 0 Å². The third kappa shape index (κ3) is 1.95. The maximum atomic E-state index is 9.50. The molecule has 1 atom stereocenters. The van der Waals surface area contributed by atoms with Crippen molar-refractivity contribution in [2.45, 2.75) is 4.82 Å². The van der Waals surface area contributed by atoms with E-state index >= 15 is 0 Å². The van der Waals surface area contributed by atoms with Crippen LogP contribution < -0.4 is 0 Å².